The summed E-state index contributed by atoms with van der Waals surface area (Å²) in [7, 11) is 0. The first-order valence-corrected chi connectivity index (χ1v) is 4.30. The molecule has 0 bridgehead atoms. The number of hydrogen-bond donors (Lipinski definition) is 0. The maximum atomic E-state index is 10.7. The van der Waals surface area contributed by atoms with E-state index >= 15 is 0 Å². The third-order valence-electron chi connectivity index (χ3n) is 2.22. The van der Waals surface area contributed by atoms with Crippen LogP contribution in [0.25, 0.3) is 10.8 Å². The van der Waals surface area contributed by atoms with Crippen LogP contribution >= 0.6 is 0 Å². The highest BCUT2D eigenvalue weighted by Gasteiger charge is 2.04. The van der Waals surface area contributed by atoms with Gasteiger partial charge >= 0.3 is 6.29 Å². The second-order valence-corrected chi connectivity index (χ2v) is 3.08. The first kappa shape index (κ1) is 8.63. The van der Waals surface area contributed by atoms with Gasteiger partial charge < -0.3 is 0 Å². The number of fused-ring (bicyclic) bond motifs is 1. The van der Waals surface area contributed by atoms with E-state index in [0.29, 0.717) is 11.1 Å². The summed E-state index contributed by atoms with van der Waals surface area (Å²) in [6.07, 6.45) is 1.70. The Morgan fingerprint density at radius 3 is 2.07 bits per heavy atom. The molecule has 0 fully saturated rings. The average Bonchev–Trinajstić information content (AvgIpc) is 2.27. The smallest absolute Gasteiger partial charge is 0.298 e. The largest absolute Gasteiger partial charge is 0.313 e. The topological polar surface area (TPSA) is 38.5 Å². The van der Waals surface area contributed by atoms with Crippen molar-refractivity contribution in [3.63, 3.8) is 0 Å². The van der Waals surface area contributed by atoms with Crippen LogP contribution in [0.2, 0.25) is 0 Å². The zero-order valence-corrected chi connectivity index (χ0v) is 7.47. The highest BCUT2D eigenvalue weighted by atomic mass is 16.1. The number of rotatable bonds is 2. The molecule has 0 saturated carbocycles. The highest BCUT2D eigenvalue weighted by Crippen LogP contribution is 2.17. The zero-order chi connectivity index (χ0) is 9.97. The predicted molar refractivity (Wildman–Crippen MR) is 56.4 cm³/mol. The van der Waals surface area contributed by atoms with E-state index in [2.05, 4.69) is 0 Å². The molecule has 0 atom stereocenters. The Balaban J connectivity index is 2.81. The fraction of sp³-hybridized carbons (Fsp3) is 0. The fourth-order valence-electron chi connectivity index (χ4n) is 1.49. The summed E-state index contributed by atoms with van der Waals surface area (Å²) >= 11 is 0. The van der Waals surface area contributed by atoms with Gasteiger partial charge in [0.15, 0.2) is 6.29 Å². The van der Waals surface area contributed by atoms with Crippen LogP contribution < -0.4 is 0 Å². The molecule has 0 aliphatic heterocycles. The molecule has 2 heteroatoms. The number of carbonyl (C=O) groups is 1. The molecule has 0 aliphatic carbocycles. The third kappa shape index (κ3) is 1.31. The monoisotopic (exact) mass is 185 g/mol. The first-order valence-electron chi connectivity index (χ1n) is 4.30. The van der Waals surface area contributed by atoms with Crippen LogP contribution in [0.3, 0.4) is 0 Å². The van der Waals surface area contributed by atoms with Crippen LogP contribution in [0.5, 0.6) is 0 Å². The van der Waals surface area contributed by atoms with Gasteiger partial charge in [-0.3, -0.25) is 9.59 Å². The SMILES string of the molecule is O=Cc1cc2ccccc2cc1C=[OH+]. The van der Waals surface area contributed by atoms with Crippen molar-refractivity contribution in [1.82, 2.24) is 0 Å². The van der Waals surface area contributed by atoms with E-state index in [4.69, 9.17) is 4.79 Å². The van der Waals surface area contributed by atoms with E-state index in [1.54, 1.807) is 12.1 Å². The molecule has 68 valence electrons. The number of aldehydes is 2. The Hall–Kier alpha value is -1.96. The molecule has 2 nitrogen and oxygen atoms in total. The fourth-order valence-corrected chi connectivity index (χ4v) is 1.49. The maximum absolute atomic E-state index is 10.7. The van der Waals surface area contributed by atoms with Crippen LogP contribution in [0.1, 0.15) is 15.9 Å². The molecule has 14 heavy (non-hydrogen) atoms. The van der Waals surface area contributed by atoms with Gasteiger partial charge in [-0.15, -0.1) is 0 Å². The van der Waals surface area contributed by atoms with E-state index < -0.39 is 0 Å². The lowest BCUT2D eigenvalue weighted by Crippen LogP contribution is -1.91. The van der Waals surface area contributed by atoms with Crippen LogP contribution in [-0.2, 0) is 0 Å². The number of benzene rings is 2. The van der Waals surface area contributed by atoms with Gasteiger partial charge in [-0.2, -0.15) is 0 Å². The van der Waals surface area contributed by atoms with E-state index in [0.717, 1.165) is 23.3 Å². The quantitative estimate of drug-likeness (QED) is 0.522. The van der Waals surface area contributed by atoms with E-state index in [-0.39, 0.29) is 0 Å². The lowest BCUT2D eigenvalue weighted by atomic mass is 10.0. The Labute approximate surface area is 81.2 Å². The van der Waals surface area contributed by atoms with Gasteiger partial charge in [0.1, 0.15) is 0 Å². The molecule has 2 rings (SSSR count). The van der Waals surface area contributed by atoms with Crippen LogP contribution in [0, 0.1) is 0 Å². The van der Waals surface area contributed by atoms with Gasteiger partial charge in [-0.25, -0.2) is 0 Å². The van der Waals surface area contributed by atoms with Crippen molar-refractivity contribution in [2.24, 2.45) is 0 Å². The van der Waals surface area contributed by atoms with Crippen molar-refractivity contribution >= 4 is 23.3 Å². The van der Waals surface area contributed by atoms with E-state index in [1.807, 2.05) is 24.3 Å². The van der Waals surface area contributed by atoms with E-state index in [1.165, 1.54) is 0 Å². The Morgan fingerprint density at radius 1 is 1.00 bits per heavy atom. The molecular formula is C12H9O2+. The molecule has 0 amide bonds. The van der Waals surface area contributed by atoms with Crippen molar-refractivity contribution in [2.45, 2.75) is 0 Å². The molecular weight excluding hydrogens is 176 g/mol. The number of carbonyl (C=O) groups excluding carboxylic acids is 2. The van der Waals surface area contributed by atoms with Crippen molar-refractivity contribution in [1.29, 1.82) is 0 Å². The number of hydrogen-bond acceptors (Lipinski definition) is 1. The van der Waals surface area contributed by atoms with Crippen LogP contribution in [0.4, 0.5) is 0 Å². The Kier molecular flexibility index (Phi) is 2.11. The minimum absolute atomic E-state index is 0.506. The average molecular weight is 185 g/mol. The minimum Gasteiger partial charge on any atom is -0.298 e. The van der Waals surface area contributed by atoms with Crippen molar-refractivity contribution < 1.29 is 9.59 Å². The molecule has 2 aromatic rings. The van der Waals surface area contributed by atoms with E-state index in [9.17, 15) is 4.79 Å². The van der Waals surface area contributed by atoms with Crippen molar-refractivity contribution in [2.75, 3.05) is 0 Å². The normalized spacial score (nSPS) is 10.0. The van der Waals surface area contributed by atoms with Crippen molar-refractivity contribution in [3.05, 3.63) is 47.5 Å². The molecule has 0 heterocycles. The van der Waals surface area contributed by atoms with Gasteiger partial charge in [0, 0.05) is 5.56 Å². The third-order valence-corrected chi connectivity index (χ3v) is 2.22. The predicted octanol–water partition coefficient (Wildman–Crippen LogP) is 2.18. The van der Waals surface area contributed by atoms with Crippen LogP contribution in [0.15, 0.2) is 36.4 Å². The van der Waals surface area contributed by atoms with Gasteiger partial charge in [-0.05, 0) is 22.9 Å². The Bertz CT molecular complexity index is 454. The molecule has 0 saturated heterocycles. The molecule has 0 unspecified atom stereocenters. The molecule has 0 aliphatic rings. The lowest BCUT2D eigenvalue weighted by Gasteiger charge is -1.99. The summed E-state index contributed by atoms with van der Waals surface area (Å²) in [5, 5.41) is 2.01. The second kappa shape index (κ2) is 3.42. The summed E-state index contributed by atoms with van der Waals surface area (Å²) < 4.78 is 0. The lowest BCUT2D eigenvalue weighted by molar-refractivity contribution is 0.112. The van der Waals surface area contributed by atoms with Crippen LogP contribution in [-0.4, -0.2) is 17.4 Å². The molecule has 1 N–H and O–H groups in total. The standard InChI is InChI=1S/C12H8O2/c13-7-11-5-9-3-1-2-4-10(9)6-12(11)8-14/h1-8H/p+1. The molecule has 0 spiro atoms. The van der Waals surface area contributed by atoms with Crippen molar-refractivity contribution in [3.8, 4) is 0 Å². The summed E-state index contributed by atoms with van der Waals surface area (Å²) in [6.45, 7) is 0. The summed E-state index contributed by atoms with van der Waals surface area (Å²) in [5.41, 5.74) is 1.06. The molecule has 2 aromatic carbocycles. The molecule has 0 radical (unpaired) electrons. The van der Waals surface area contributed by atoms with Gasteiger partial charge in [0.05, 0.1) is 5.56 Å². The van der Waals surface area contributed by atoms with Gasteiger partial charge in [-0.1, -0.05) is 24.3 Å². The zero-order valence-electron chi connectivity index (χ0n) is 7.47. The molecule has 0 aromatic heterocycles. The van der Waals surface area contributed by atoms with Gasteiger partial charge in [0.25, 0.3) is 0 Å². The highest BCUT2D eigenvalue weighted by molar-refractivity contribution is 5.98. The Morgan fingerprint density at radius 2 is 1.57 bits per heavy atom. The first-order chi connectivity index (χ1) is 6.85. The summed E-state index contributed by atoms with van der Waals surface area (Å²) in [4.78, 5) is 19.6. The second-order valence-electron chi connectivity index (χ2n) is 3.08. The summed E-state index contributed by atoms with van der Waals surface area (Å²) in [5.74, 6) is 0. The van der Waals surface area contributed by atoms with Gasteiger partial charge in [0.2, 0.25) is 0 Å². The summed E-state index contributed by atoms with van der Waals surface area (Å²) in [6, 6.07) is 11.3. The maximum Gasteiger partial charge on any atom is 0.313 e. The minimum atomic E-state index is 0.506.